The third-order valence-electron chi connectivity index (χ3n) is 7.19. The summed E-state index contributed by atoms with van der Waals surface area (Å²) in [5.74, 6) is -0.441. The van der Waals surface area contributed by atoms with E-state index in [0.29, 0.717) is 73.5 Å². The van der Waals surface area contributed by atoms with Crippen molar-refractivity contribution < 1.29 is 27.9 Å². The van der Waals surface area contributed by atoms with Crippen molar-refractivity contribution in [1.82, 2.24) is 14.9 Å². The Labute approximate surface area is 241 Å². The molecule has 2 aliphatic heterocycles. The van der Waals surface area contributed by atoms with E-state index < -0.39 is 17.7 Å². The Morgan fingerprint density at radius 3 is 2.57 bits per heavy atom. The molecule has 5 rings (SSSR count). The summed E-state index contributed by atoms with van der Waals surface area (Å²) in [5, 5.41) is 7.56. The monoisotopic (exact) mass is 579 g/mol. The van der Waals surface area contributed by atoms with Crippen molar-refractivity contribution in [3.8, 4) is 5.75 Å². The Morgan fingerprint density at radius 1 is 1.10 bits per heavy atom. The van der Waals surface area contributed by atoms with Crippen molar-refractivity contribution in [2.45, 2.75) is 19.4 Å². The number of halogens is 2. The third-order valence-corrected chi connectivity index (χ3v) is 7.19. The molecule has 2 aliphatic rings. The molecule has 0 aliphatic carbocycles. The van der Waals surface area contributed by atoms with Gasteiger partial charge in [-0.05, 0) is 18.2 Å². The van der Waals surface area contributed by atoms with Gasteiger partial charge in [0.25, 0.3) is 0 Å². The number of methoxy groups -OCH3 is 1. The number of benzene rings is 2. The summed E-state index contributed by atoms with van der Waals surface area (Å²) < 4.78 is 33.8. The quantitative estimate of drug-likeness (QED) is 0.380. The van der Waals surface area contributed by atoms with Crippen LogP contribution in [-0.2, 0) is 14.4 Å². The number of aromatic nitrogens is 2. The van der Waals surface area contributed by atoms with E-state index in [-0.39, 0.29) is 11.8 Å². The minimum absolute atomic E-state index is 0.0182. The maximum atomic E-state index is 14.6. The minimum atomic E-state index is -0.662. The van der Waals surface area contributed by atoms with Gasteiger partial charge in [-0.1, -0.05) is 12.6 Å². The van der Waals surface area contributed by atoms with Gasteiger partial charge in [0.1, 0.15) is 29.5 Å². The van der Waals surface area contributed by atoms with Gasteiger partial charge in [0, 0.05) is 63.3 Å². The van der Waals surface area contributed by atoms with Crippen LogP contribution in [0.2, 0.25) is 0 Å². The number of hydrogen-bond acceptors (Lipinski definition) is 9. The standard InChI is InChI=1S/C29H31F2N7O4/c1-4-29(40)35-22-14-23(26(41-3)15-25(22)37-10-8-36(9-11-37)18(2)39)34-27-16-28(33-17-32-27)38-24(7-12-42-38)20-6-5-19(30)13-21(20)31/h4-6,13-17,24H,1,7-12H2,2-3H3,(H,35,40)(H,32,33,34)/t24-/m1/s1. The Hall–Kier alpha value is -4.78. The summed E-state index contributed by atoms with van der Waals surface area (Å²) in [7, 11) is 1.53. The van der Waals surface area contributed by atoms with E-state index in [2.05, 4.69) is 32.1 Å². The molecular weight excluding hydrogens is 548 g/mol. The largest absolute Gasteiger partial charge is 0.494 e. The number of hydrogen-bond donors (Lipinski definition) is 2. The number of carbonyl (C=O) groups is 2. The average molecular weight is 580 g/mol. The highest BCUT2D eigenvalue weighted by Gasteiger charge is 2.31. The second kappa shape index (κ2) is 12.4. The summed E-state index contributed by atoms with van der Waals surface area (Å²) in [6.45, 7) is 7.69. The summed E-state index contributed by atoms with van der Waals surface area (Å²) in [4.78, 5) is 42.4. The van der Waals surface area contributed by atoms with Crippen molar-refractivity contribution in [2.24, 2.45) is 0 Å². The van der Waals surface area contributed by atoms with Crippen molar-refractivity contribution >= 4 is 40.5 Å². The number of anilines is 5. The smallest absolute Gasteiger partial charge is 0.247 e. The average Bonchev–Trinajstić information content (AvgIpc) is 3.47. The zero-order valence-electron chi connectivity index (χ0n) is 23.3. The van der Waals surface area contributed by atoms with Crippen LogP contribution in [0.5, 0.6) is 5.75 Å². The molecule has 3 heterocycles. The zero-order valence-corrected chi connectivity index (χ0v) is 23.3. The molecule has 2 fully saturated rings. The first kappa shape index (κ1) is 28.7. The Balaban J connectivity index is 1.43. The van der Waals surface area contributed by atoms with Gasteiger partial charge in [0.15, 0.2) is 5.82 Å². The van der Waals surface area contributed by atoms with E-state index in [9.17, 15) is 18.4 Å². The van der Waals surface area contributed by atoms with Gasteiger partial charge in [0.05, 0.1) is 36.8 Å². The summed E-state index contributed by atoms with van der Waals surface area (Å²) in [6.07, 6.45) is 3.01. The first-order chi connectivity index (χ1) is 20.3. The Morgan fingerprint density at radius 2 is 1.88 bits per heavy atom. The highest BCUT2D eigenvalue weighted by atomic mass is 19.1. The van der Waals surface area contributed by atoms with E-state index >= 15 is 0 Å². The second-order valence-electron chi connectivity index (χ2n) is 9.77. The van der Waals surface area contributed by atoms with Crippen LogP contribution in [0.25, 0.3) is 0 Å². The molecule has 0 saturated carbocycles. The van der Waals surface area contributed by atoms with Gasteiger partial charge in [-0.25, -0.2) is 23.8 Å². The maximum Gasteiger partial charge on any atom is 0.247 e. The fourth-order valence-electron chi connectivity index (χ4n) is 5.07. The van der Waals surface area contributed by atoms with E-state index in [1.54, 1.807) is 24.0 Å². The summed E-state index contributed by atoms with van der Waals surface area (Å²) in [6, 6.07) is 8.14. The van der Waals surface area contributed by atoms with Crippen LogP contribution in [0.3, 0.4) is 0 Å². The van der Waals surface area contributed by atoms with Crippen LogP contribution in [0.15, 0.2) is 55.4 Å². The molecule has 2 saturated heterocycles. The molecule has 2 N–H and O–H groups in total. The van der Waals surface area contributed by atoms with Crippen LogP contribution >= 0.6 is 0 Å². The number of piperazine rings is 1. The molecule has 1 atom stereocenters. The molecule has 11 nitrogen and oxygen atoms in total. The van der Waals surface area contributed by atoms with Crippen molar-refractivity contribution in [1.29, 1.82) is 0 Å². The molecule has 0 radical (unpaired) electrons. The number of ether oxygens (including phenoxy) is 1. The lowest BCUT2D eigenvalue weighted by molar-refractivity contribution is -0.129. The van der Waals surface area contributed by atoms with Crippen LogP contribution in [0.1, 0.15) is 24.9 Å². The molecule has 0 spiro atoms. The number of carbonyl (C=O) groups excluding carboxylic acids is 2. The molecular formula is C29H31F2N7O4. The minimum Gasteiger partial charge on any atom is -0.494 e. The summed E-state index contributed by atoms with van der Waals surface area (Å²) in [5.41, 5.74) is 2.06. The van der Waals surface area contributed by atoms with Crippen molar-refractivity contribution in [3.63, 3.8) is 0 Å². The Kier molecular flexibility index (Phi) is 8.48. The van der Waals surface area contributed by atoms with E-state index in [1.165, 1.54) is 36.7 Å². The molecule has 2 amide bonds. The topological polar surface area (TPSA) is 112 Å². The van der Waals surface area contributed by atoms with E-state index in [1.807, 2.05) is 6.07 Å². The van der Waals surface area contributed by atoms with Crippen molar-refractivity contribution in [3.05, 3.63) is 72.6 Å². The fourth-order valence-corrected chi connectivity index (χ4v) is 5.07. The molecule has 1 aromatic heterocycles. The zero-order chi connectivity index (χ0) is 29.8. The van der Waals surface area contributed by atoms with Crippen molar-refractivity contribution in [2.75, 3.05) is 60.5 Å². The van der Waals surface area contributed by atoms with Crippen LogP contribution < -0.4 is 25.3 Å². The summed E-state index contributed by atoms with van der Waals surface area (Å²) >= 11 is 0. The lowest BCUT2D eigenvalue weighted by atomic mass is 10.0. The molecule has 3 aromatic rings. The maximum absolute atomic E-state index is 14.6. The lowest BCUT2D eigenvalue weighted by Gasteiger charge is -2.36. The Bertz CT molecular complexity index is 1500. The van der Waals surface area contributed by atoms with Crippen LogP contribution in [-0.4, -0.2) is 66.6 Å². The number of rotatable bonds is 8. The van der Waals surface area contributed by atoms with E-state index in [0.717, 1.165) is 11.8 Å². The highest BCUT2D eigenvalue weighted by Crippen LogP contribution is 2.40. The number of hydroxylamine groups is 1. The molecule has 42 heavy (non-hydrogen) atoms. The number of nitrogens with one attached hydrogen (secondary N) is 2. The normalized spacial score (nSPS) is 16.8. The van der Waals surface area contributed by atoms with E-state index in [4.69, 9.17) is 9.57 Å². The fraction of sp³-hybridized carbons (Fsp3) is 0.310. The third kappa shape index (κ3) is 6.10. The van der Waals surface area contributed by atoms with Gasteiger partial charge in [-0.15, -0.1) is 0 Å². The number of amides is 2. The molecule has 0 bridgehead atoms. The lowest BCUT2D eigenvalue weighted by Crippen LogP contribution is -2.48. The highest BCUT2D eigenvalue weighted by molar-refractivity contribution is 6.02. The predicted octanol–water partition coefficient (Wildman–Crippen LogP) is 4.18. The molecule has 220 valence electrons. The first-order valence-corrected chi connectivity index (χ1v) is 13.4. The SMILES string of the molecule is C=CC(=O)Nc1cc(Nc2cc(N3OCC[C@@H]3c3ccc(F)cc3F)ncn2)c(OC)cc1N1CCN(C(C)=O)CC1. The molecule has 0 unspecified atom stereocenters. The van der Waals surface area contributed by atoms with Gasteiger partial charge in [0.2, 0.25) is 11.8 Å². The second-order valence-corrected chi connectivity index (χ2v) is 9.77. The van der Waals surface area contributed by atoms with Gasteiger partial charge >= 0.3 is 0 Å². The van der Waals surface area contributed by atoms with Gasteiger partial charge in [-0.3, -0.25) is 14.4 Å². The molecule has 2 aromatic carbocycles. The predicted molar refractivity (Wildman–Crippen MR) is 154 cm³/mol. The van der Waals surface area contributed by atoms with Gasteiger partial charge < -0.3 is 25.2 Å². The van der Waals surface area contributed by atoms with Crippen LogP contribution in [0.4, 0.5) is 37.5 Å². The number of nitrogens with zero attached hydrogens (tertiary/aromatic N) is 5. The molecule has 13 heteroatoms. The van der Waals surface area contributed by atoms with Gasteiger partial charge in [-0.2, -0.15) is 0 Å². The first-order valence-electron chi connectivity index (χ1n) is 13.4. The van der Waals surface area contributed by atoms with Crippen LogP contribution in [0, 0.1) is 11.6 Å².